The second-order valence-electron chi connectivity index (χ2n) is 11.8. The molecule has 0 heterocycles. The van der Waals surface area contributed by atoms with Gasteiger partial charge in [-0.15, -0.1) is 0 Å². The number of hydrogen-bond donors (Lipinski definition) is 0. The van der Waals surface area contributed by atoms with E-state index in [1.807, 2.05) is 48.5 Å². The van der Waals surface area contributed by atoms with E-state index in [9.17, 15) is 0 Å². The first kappa shape index (κ1) is 21.6. The minimum absolute atomic E-state index is 0.0130. The van der Waals surface area contributed by atoms with Crippen LogP contribution >= 0.6 is 0 Å². The number of nitrogens with zero attached hydrogens (tertiary/aromatic N) is 1. The van der Waals surface area contributed by atoms with E-state index >= 15 is 8.78 Å². The van der Waals surface area contributed by atoms with Crippen molar-refractivity contribution in [3.63, 3.8) is 0 Å². The molecule has 0 N–H and O–H groups in total. The summed E-state index contributed by atoms with van der Waals surface area (Å²) in [7, 11) is 0. The number of para-hydroxylation sites is 1. The normalized spacial score (nSPS) is 15.0. The van der Waals surface area contributed by atoms with Gasteiger partial charge >= 0.3 is 0 Å². The van der Waals surface area contributed by atoms with E-state index in [1.165, 1.54) is 16.0 Å². The van der Waals surface area contributed by atoms with Crippen molar-refractivity contribution < 1.29 is 14.3 Å². The molecular formula is C37H33F2N. The summed E-state index contributed by atoms with van der Waals surface area (Å²) in [4.78, 5) is 1.36. The summed E-state index contributed by atoms with van der Waals surface area (Å²) in [5.74, 6) is -1.75. The molecule has 5 aromatic rings. The highest BCUT2D eigenvalue weighted by Crippen LogP contribution is 2.50. The maximum atomic E-state index is 16.8. The van der Waals surface area contributed by atoms with Gasteiger partial charge in [-0.05, 0) is 90.0 Å². The Bertz CT molecular complexity index is 1920. The molecule has 1 aliphatic rings. The van der Waals surface area contributed by atoms with E-state index in [0.29, 0.717) is 16.7 Å². The van der Waals surface area contributed by atoms with Crippen LogP contribution in [0.15, 0.2) is 109 Å². The molecule has 0 saturated heterocycles. The van der Waals surface area contributed by atoms with Crippen molar-refractivity contribution in [2.45, 2.75) is 45.6 Å². The fourth-order valence-electron chi connectivity index (χ4n) is 5.93. The number of hydrogen-bond acceptors (Lipinski definition) is 1. The van der Waals surface area contributed by atoms with Crippen LogP contribution in [-0.4, -0.2) is 5.54 Å². The summed E-state index contributed by atoms with van der Waals surface area (Å²) in [5, 5.41) is 0. The van der Waals surface area contributed by atoms with Crippen molar-refractivity contribution in [2.75, 3.05) is 4.90 Å². The Hall–Kier alpha value is -4.24. The average molecular weight is 534 g/mol. The predicted molar refractivity (Wildman–Crippen MR) is 163 cm³/mol. The van der Waals surface area contributed by atoms with Crippen molar-refractivity contribution in [1.29, 1.82) is 0 Å². The molecule has 6 rings (SSSR count). The number of anilines is 2. The summed E-state index contributed by atoms with van der Waals surface area (Å²) in [6.07, 6.45) is 0. The quantitative estimate of drug-likeness (QED) is 0.222. The molecule has 0 aromatic heterocycles. The van der Waals surface area contributed by atoms with Crippen LogP contribution in [-0.2, 0) is 5.41 Å². The molecule has 1 aliphatic carbocycles. The van der Waals surface area contributed by atoms with E-state index in [4.69, 9.17) is 5.48 Å². The standard InChI is InChI=1S/C37H33F2N/c1-36(2,3)40(33-18-12-11-17-32(33)38)34-23-26(22-28(35(34)39)24-13-7-6-8-14-24)25-19-20-31-29(21-25)27-15-9-10-16-30(27)37(31,4)5/h6-23H,1-5H3/i11D,12D,17D,18D. The second kappa shape index (κ2) is 9.45. The molecular weight excluding hydrogens is 496 g/mol. The number of halogens is 2. The summed E-state index contributed by atoms with van der Waals surface area (Å²) >= 11 is 0. The Morgan fingerprint density at radius 3 is 2.05 bits per heavy atom. The SMILES string of the molecule is [2H]c1c([2H])c([2H])c(N(c2cc(-c3ccc4c(c3)-c3ccccc3C4(C)C)cc(-c3ccccc3)c2F)C(C)(C)C)c(F)c1[2H]. The third kappa shape index (κ3) is 4.21. The van der Waals surface area contributed by atoms with E-state index in [0.717, 1.165) is 16.7 Å². The molecule has 40 heavy (non-hydrogen) atoms. The number of fused-ring (bicyclic) bond motifs is 3. The molecule has 200 valence electrons. The summed E-state index contributed by atoms with van der Waals surface area (Å²) in [6, 6.07) is 24.5. The van der Waals surface area contributed by atoms with Crippen LogP contribution in [0.5, 0.6) is 0 Å². The van der Waals surface area contributed by atoms with Gasteiger partial charge in [0.2, 0.25) is 0 Å². The predicted octanol–water partition coefficient (Wildman–Crippen LogP) is 10.5. The van der Waals surface area contributed by atoms with Gasteiger partial charge in [0.15, 0.2) is 5.82 Å². The molecule has 1 nitrogen and oxygen atoms in total. The van der Waals surface area contributed by atoms with Gasteiger partial charge in [-0.3, -0.25) is 0 Å². The van der Waals surface area contributed by atoms with E-state index in [1.54, 1.807) is 32.9 Å². The lowest BCUT2D eigenvalue weighted by Gasteiger charge is -2.38. The second-order valence-corrected chi connectivity index (χ2v) is 11.8. The fraction of sp³-hybridized carbons (Fsp3) is 0.189. The highest BCUT2D eigenvalue weighted by atomic mass is 19.1. The maximum absolute atomic E-state index is 16.8. The zero-order valence-electron chi connectivity index (χ0n) is 27.3. The highest BCUT2D eigenvalue weighted by Gasteiger charge is 2.35. The first-order chi connectivity index (χ1) is 20.7. The van der Waals surface area contributed by atoms with Crippen LogP contribution < -0.4 is 4.90 Å². The van der Waals surface area contributed by atoms with Crippen LogP contribution in [0.4, 0.5) is 20.2 Å². The van der Waals surface area contributed by atoms with Crippen LogP contribution in [0, 0.1) is 11.6 Å². The fourth-order valence-corrected chi connectivity index (χ4v) is 5.93. The summed E-state index contributed by atoms with van der Waals surface area (Å²) < 4.78 is 65.7. The Kier molecular flexibility index (Phi) is 5.09. The van der Waals surface area contributed by atoms with Gasteiger partial charge in [0, 0.05) is 16.5 Å². The Labute approximate surface area is 241 Å². The van der Waals surface area contributed by atoms with E-state index in [-0.39, 0.29) is 11.1 Å². The molecule has 0 unspecified atom stereocenters. The summed E-state index contributed by atoms with van der Waals surface area (Å²) in [5.41, 5.74) is 5.63. The van der Waals surface area contributed by atoms with Crippen molar-refractivity contribution >= 4 is 11.4 Å². The molecule has 0 saturated carbocycles. The lowest BCUT2D eigenvalue weighted by Crippen LogP contribution is -2.38. The molecule has 0 amide bonds. The third-order valence-electron chi connectivity index (χ3n) is 7.81. The van der Waals surface area contributed by atoms with Gasteiger partial charge in [0.25, 0.3) is 0 Å². The minimum Gasteiger partial charge on any atom is -0.331 e. The largest absolute Gasteiger partial charge is 0.331 e. The van der Waals surface area contributed by atoms with E-state index in [2.05, 4.69) is 38.1 Å². The molecule has 0 aliphatic heterocycles. The highest BCUT2D eigenvalue weighted by molar-refractivity contribution is 5.87. The van der Waals surface area contributed by atoms with Gasteiger partial charge in [-0.25, -0.2) is 8.78 Å². The zero-order chi connectivity index (χ0) is 31.7. The van der Waals surface area contributed by atoms with Gasteiger partial charge in [-0.2, -0.15) is 0 Å². The Morgan fingerprint density at radius 1 is 0.650 bits per heavy atom. The third-order valence-corrected chi connectivity index (χ3v) is 7.81. The first-order valence-corrected chi connectivity index (χ1v) is 13.4. The number of benzene rings is 5. The van der Waals surface area contributed by atoms with Crippen molar-refractivity contribution in [2.24, 2.45) is 0 Å². The lowest BCUT2D eigenvalue weighted by molar-refractivity contribution is 0.527. The van der Waals surface area contributed by atoms with Gasteiger partial charge in [-0.1, -0.05) is 92.7 Å². The minimum atomic E-state index is -1.13. The molecule has 0 fully saturated rings. The maximum Gasteiger partial charge on any atom is 0.154 e. The van der Waals surface area contributed by atoms with Crippen molar-refractivity contribution in [3.8, 4) is 33.4 Å². The lowest BCUT2D eigenvalue weighted by atomic mass is 9.82. The van der Waals surface area contributed by atoms with Crippen LogP contribution in [0.2, 0.25) is 0 Å². The Balaban J connectivity index is 1.66. The van der Waals surface area contributed by atoms with Crippen LogP contribution in [0.25, 0.3) is 33.4 Å². The summed E-state index contributed by atoms with van der Waals surface area (Å²) in [6.45, 7) is 9.69. The van der Waals surface area contributed by atoms with Gasteiger partial charge in [0.05, 0.1) is 16.9 Å². The molecule has 3 heteroatoms. The molecule has 0 atom stereocenters. The van der Waals surface area contributed by atoms with Crippen LogP contribution in [0.3, 0.4) is 0 Å². The number of rotatable bonds is 4. The van der Waals surface area contributed by atoms with Gasteiger partial charge in [0.1, 0.15) is 5.82 Å². The molecule has 0 bridgehead atoms. The van der Waals surface area contributed by atoms with Crippen molar-refractivity contribution in [1.82, 2.24) is 0 Å². The molecule has 5 aromatic carbocycles. The molecule has 0 spiro atoms. The van der Waals surface area contributed by atoms with E-state index < -0.39 is 47.0 Å². The Morgan fingerprint density at radius 2 is 1.30 bits per heavy atom. The smallest absolute Gasteiger partial charge is 0.154 e. The first-order valence-electron chi connectivity index (χ1n) is 15.4. The van der Waals surface area contributed by atoms with Gasteiger partial charge < -0.3 is 4.90 Å². The average Bonchev–Trinajstić information content (AvgIpc) is 3.23. The topological polar surface area (TPSA) is 3.24 Å². The zero-order valence-corrected chi connectivity index (χ0v) is 23.3. The van der Waals surface area contributed by atoms with Crippen LogP contribution in [0.1, 0.15) is 51.2 Å². The van der Waals surface area contributed by atoms with Crippen molar-refractivity contribution in [3.05, 3.63) is 132 Å². The molecule has 0 radical (unpaired) electrons. The monoisotopic (exact) mass is 533 g/mol.